The third kappa shape index (κ3) is 2.89. The van der Waals surface area contributed by atoms with E-state index in [4.69, 9.17) is 0 Å². The maximum Gasteiger partial charge on any atom is 0.492 e. The lowest BCUT2D eigenvalue weighted by Gasteiger charge is -2.46. The summed E-state index contributed by atoms with van der Waals surface area (Å²) in [6, 6.07) is 0.232. The Balaban J connectivity index is 1.97. The standard InChI is InChI=1S/C10H18BF3N/c12-11(13,14)8-15-7-3-5-9-4-1-2-6-10(9)15/h9-10H,1-8H2/q-1/t9-,10-/m1/s1. The molecule has 1 saturated carbocycles. The molecule has 1 aliphatic heterocycles. The third-order valence-electron chi connectivity index (χ3n) is 3.80. The van der Waals surface area contributed by atoms with Crippen LogP contribution in [-0.4, -0.2) is 30.9 Å². The van der Waals surface area contributed by atoms with Gasteiger partial charge in [-0.1, -0.05) is 12.8 Å². The van der Waals surface area contributed by atoms with Crippen molar-refractivity contribution in [3.8, 4) is 0 Å². The van der Waals surface area contributed by atoms with Gasteiger partial charge >= 0.3 is 6.98 Å². The zero-order valence-electron chi connectivity index (χ0n) is 8.97. The van der Waals surface area contributed by atoms with Gasteiger partial charge in [0.2, 0.25) is 0 Å². The maximum absolute atomic E-state index is 12.4. The van der Waals surface area contributed by atoms with Crippen LogP contribution in [0.3, 0.4) is 0 Å². The molecule has 0 aromatic rings. The molecule has 2 fully saturated rings. The normalized spacial score (nSPS) is 33.8. The molecular formula is C10H18BF3N-. The molecule has 5 heteroatoms. The minimum absolute atomic E-state index is 0.232. The lowest BCUT2D eigenvalue weighted by molar-refractivity contribution is 0.0686. The van der Waals surface area contributed by atoms with Gasteiger partial charge in [0, 0.05) is 6.04 Å². The first-order chi connectivity index (χ1) is 7.06. The number of rotatable bonds is 2. The minimum Gasteiger partial charge on any atom is -0.448 e. The average molecular weight is 220 g/mol. The van der Waals surface area contributed by atoms with Crippen molar-refractivity contribution < 1.29 is 12.9 Å². The van der Waals surface area contributed by atoms with Crippen LogP contribution in [0, 0.1) is 5.92 Å². The number of likely N-dealkylation sites (tertiary alicyclic amines) is 1. The van der Waals surface area contributed by atoms with Gasteiger partial charge in [-0.05, 0) is 44.6 Å². The Bertz CT molecular complexity index is 217. The molecule has 1 nitrogen and oxygen atoms in total. The molecule has 2 rings (SSSR count). The van der Waals surface area contributed by atoms with Crippen molar-refractivity contribution in [2.75, 3.05) is 13.0 Å². The van der Waals surface area contributed by atoms with Crippen LogP contribution in [0.1, 0.15) is 38.5 Å². The van der Waals surface area contributed by atoms with Gasteiger partial charge in [0.1, 0.15) is 0 Å². The van der Waals surface area contributed by atoms with E-state index in [1.807, 2.05) is 0 Å². The zero-order valence-corrected chi connectivity index (χ0v) is 8.97. The first-order valence-corrected chi connectivity index (χ1v) is 6.01. The molecule has 1 aliphatic carbocycles. The SMILES string of the molecule is F[B-](F)(F)CN1CCC[C@H]2CCCC[C@H]21. The fourth-order valence-corrected chi connectivity index (χ4v) is 3.22. The second kappa shape index (κ2) is 4.36. The Labute approximate surface area is 89.1 Å². The molecule has 0 amide bonds. The molecule has 2 atom stereocenters. The van der Waals surface area contributed by atoms with Crippen molar-refractivity contribution in [2.24, 2.45) is 5.92 Å². The van der Waals surface area contributed by atoms with E-state index in [1.54, 1.807) is 4.90 Å². The average Bonchev–Trinajstić information content (AvgIpc) is 2.16. The largest absolute Gasteiger partial charge is 0.492 e. The Morgan fingerprint density at radius 2 is 1.67 bits per heavy atom. The zero-order chi connectivity index (χ0) is 10.9. The molecule has 15 heavy (non-hydrogen) atoms. The van der Waals surface area contributed by atoms with E-state index in [0.717, 1.165) is 32.1 Å². The fourth-order valence-electron chi connectivity index (χ4n) is 3.22. The predicted molar refractivity (Wildman–Crippen MR) is 55.6 cm³/mol. The van der Waals surface area contributed by atoms with E-state index in [1.165, 1.54) is 6.42 Å². The van der Waals surface area contributed by atoms with Crippen LogP contribution in [0.2, 0.25) is 0 Å². The highest BCUT2D eigenvalue weighted by Gasteiger charge is 2.36. The van der Waals surface area contributed by atoms with E-state index in [-0.39, 0.29) is 6.04 Å². The lowest BCUT2D eigenvalue weighted by Crippen LogP contribution is -2.51. The van der Waals surface area contributed by atoms with E-state index in [0.29, 0.717) is 12.5 Å². The molecule has 1 heterocycles. The molecule has 0 aromatic carbocycles. The summed E-state index contributed by atoms with van der Waals surface area (Å²) in [7, 11) is 0. The van der Waals surface area contributed by atoms with Crippen LogP contribution in [0.15, 0.2) is 0 Å². The molecule has 2 aliphatic rings. The highest BCUT2D eigenvalue weighted by molar-refractivity contribution is 6.58. The summed E-state index contributed by atoms with van der Waals surface area (Å²) in [5, 5.41) is 0. The van der Waals surface area contributed by atoms with Crippen LogP contribution < -0.4 is 0 Å². The Kier molecular flexibility index (Phi) is 3.28. The number of hydrogen-bond donors (Lipinski definition) is 0. The van der Waals surface area contributed by atoms with Crippen molar-refractivity contribution in [1.82, 2.24) is 4.90 Å². The van der Waals surface area contributed by atoms with Crippen LogP contribution in [0.4, 0.5) is 12.9 Å². The number of hydrogen-bond acceptors (Lipinski definition) is 1. The molecular weight excluding hydrogens is 202 g/mol. The van der Waals surface area contributed by atoms with Crippen molar-refractivity contribution in [3.05, 3.63) is 0 Å². The smallest absolute Gasteiger partial charge is 0.448 e. The van der Waals surface area contributed by atoms with Gasteiger partial charge in [0.15, 0.2) is 0 Å². The van der Waals surface area contributed by atoms with Crippen LogP contribution in [0.25, 0.3) is 0 Å². The van der Waals surface area contributed by atoms with Crippen LogP contribution >= 0.6 is 0 Å². The van der Waals surface area contributed by atoms with Crippen molar-refractivity contribution >= 4 is 6.98 Å². The van der Waals surface area contributed by atoms with Crippen molar-refractivity contribution in [3.63, 3.8) is 0 Å². The van der Waals surface area contributed by atoms with Gasteiger partial charge in [-0.2, -0.15) is 0 Å². The molecule has 0 spiro atoms. The quantitative estimate of drug-likeness (QED) is 0.646. The number of halogens is 3. The van der Waals surface area contributed by atoms with E-state index in [9.17, 15) is 12.9 Å². The summed E-state index contributed by atoms with van der Waals surface area (Å²) in [6.07, 6.45) is 5.91. The molecule has 1 saturated heterocycles. The molecule has 0 aromatic heterocycles. The number of piperidine rings is 1. The highest BCUT2D eigenvalue weighted by Crippen LogP contribution is 2.35. The summed E-state index contributed by atoms with van der Waals surface area (Å²) in [5.74, 6) is 0.547. The van der Waals surface area contributed by atoms with Crippen LogP contribution in [-0.2, 0) is 0 Å². The molecule has 0 radical (unpaired) electrons. The molecule has 0 bridgehead atoms. The van der Waals surface area contributed by atoms with E-state index in [2.05, 4.69) is 0 Å². The first kappa shape index (κ1) is 11.3. The fraction of sp³-hybridized carbons (Fsp3) is 1.00. The van der Waals surface area contributed by atoms with Gasteiger partial charge in [-0.15, -0.1) is 0 Å². The summed E-state index contributed by atoms with van der Waals surface area (Å²) >= 11 is 0. The van der Waals surface area contributed by atoms with Crippen molar-refractivity contribution in [1.29, 1.82) is 0 Å². The third-order valence-corrected chi connectivity index (χ3v) is 3.80. The van der Waals surface area contributed by atoms with Gasteiger partial charge in [-0.25, -0.2) is 0 Å². The Morgan fingerprint density at radius 1 is 1.00 bits per heavy atom. The van der Waals surface area contributed by atoms with Crippen molar-refractivity contribution in [2.45, 2.75) is 44.6 Å². The Hall–Kier alpha value is -0.185. The van der Waals surface area contributed by atoms with Gasteiger partial charge in [0.25, 0.3) is 0 Å². The summed E-state index contributed by atoms with van der Waals surface area (Å²) in [6.45, 7) is -3.99. The topological polar surface area (TPSA) is 3.24 Å². The summed E-state index contributed by atoms with van der Waals surface area (Å²) in [4.78, 5) is 1.70. The highest BCUT2D eigenvalue weighted by atomic mass is 19.4. The van der Waals surface area contributed by atoms with Gasteiger partial charge in [0.05, 0.1) is 0 Å². The molecule has 0 N–H and O–H groups in total. The van der Waals surface area contributed by atoms with Gasteiger partial charge in [-0.3, -0.25) is 0 Å². The second-order valence-corrected chi connectivity index (χ2v) is 4.96. The number of nitrogens with zero attached hydrogens (tertiary/aromatic N) is 1. The lowest BCUT2D eigenvalue weighted by atomic mass is 9.76. The first-order valence-electron chi connectivity index (χ1n) is 6.01. The number of fused-ring (bicyclic) bond motifs is 1. The van der Waals surface area contributed by atoms with E-state index >= 15 is 0 Å². The maximum atomic E-state index is 12.4. The predicted octanol–water partition coefficient (Wildman–Crippen LogP) is 3.03. The molecule has 88 valence electrons. The summed E-state index contributed by atoms with van der Waals surface area (Å²) < 4.78 is 37.3. The molecule has 0 unspecified atom stereocenters. The summed E-state index contributed by atoms with van der Waals surface area (Å²) in [5.41, 5.74) is 0. The van der Waals surface area contributed by atoms with E-state index < -0.39 is 13.4 Å². The minimum atomic E-state index is -4.64. The monoisotopic (exact) mass is 220 g/mol. The second-order valence-electron chi connectivity index (χ2n) is 4.96. The Morgan fingerprint density at radius 3 is 2.40 bits per heavy atom. The van der Waals surface area contributed by atoms with Crippen LogP contribution in [0.5, 0.6) is 0 Å². The van der Waals surface area contributed by atoms with Gasteiger partial charge < -0.3 is 17.8 Å².